The molecule has 0 aliphatic carbocycles. The minimum absolute atomic E-state index is 0.0426. The van der Waals surface area contributed by atoms with Gasteiger partial charge in [0.25, 0.3) is 5.91 Å². The summed E-state index contributed by atoms with van der Waals surface area (Å²) in [4.78, 5) is 25.8. The van der Waals surface area contributed by atoms with Gasteiger partial charge in [0.1, 0.15) is 6.07 Å². The first-order valence-corrected chi connectivity index (χ1v) is 8.09. The molecule has 0 atom stereocenters. The van der Waals surface area contributed by atoms with E-state index in [0.29, 0.717) is 11.3 Å². The van der Waals surface area contributed by atoms with Gasteiger partial charge in [-0.05, 0) is 50.5 Å². The zero-order valence-corrected chi connectivity index (χ0v) is 13.7. The predicted molar refractivity (Wildman–Crippen MR) is 90.1 cm³/mol. The molecule has 0 radical (unpaired) electrons. The van der Waals surface area contributed by atoms with Crippen LogP contribution < -0.4 is 5.32 Å². The van der Waals surface area contributed by atoms with Gasteiger partial charge < -0.3 is 15.0 Å². The minimum Gasteiger partial charge on any atom is -0.462 e. The molecule has 6 nitrogen and oxygen atoms in total. The number of likely N-dealkylation sites (tertiary alicyclic amines) is 1. The first-order valence-electron chi connectivity index (χ1n) is 8.09. The molecule has 0 spiro atoms. The van der Waals surface area contributed by atoms with Crippen LogP contribution in [0.5, 0.6) is 0 Å². The Bertz CT molecular complexity index is 653. The van der Waals surface area contributed by atoms with E-state index in [4.69, 9.17) is 10.00 Å². The summed E-state index contributed by atoms with van der Waals surface area (Å²) in [5, 5.41) is 11.8. The third-order valence-corrected chi connectivity index (χ3v) is 3.77. The number of esters is 1. The Balaban J connectivity index is 2.00. The first-order chi connectivity index (χ1) is 11.7. The number of amides is 1. The van der Waals surface area contributed by atoms with Crippen LogP contribution in [0.25, 0.3) is 0 Å². The fourth-order valence-electron chi connectivity index (χ4n) is 2.49. The second kappa shape index (κ2) is 8.73. The van der Waals surface area contributed by atoms with Crippen molar-refractivity contribution < 1.29 is 14.3 Å². The molecular formula is C18H21N3O3. The Morgan fingerprint density at radius 2 is 1.92 bits per heavy atom. The highest BCUT2D eigenvalue weighted by molar-refractivity contribution is 5.95. The lowest BCUT2D eigenvalue weighted by atomic mass is 10.1. The molecule has 0 saturated carbocycles. The molecule has 1 saturated heterocycles. The van der Waals surface area contributed by atoms with Gasteiger partial charge in [-0.3, -0.25) is 4.79 Å². The molecule has 0 unspecified atom stereocenters. The van der Waals surface area contributed by atoms with Crippen molar-refractivity contribution in [1.29, 1.82) is 5.26 Å². The Morgan fingerprint density at radius 1 is 1.25 bits per heavy atom. The number of anilines is 1. The number of hydrogen-bond acceptors (Lipinski definition) is 5. The van der Waals surface area contributed by atoms with Gasteiger partial charge in [-0.2, -0.15) is 5.26 Å². The lowest BCUT2D eigenvalue weighted by Crippen LogP contribution is -2.35. The van der Waals surface area contributed by atoms with Crippen molar-refractivity contribution in [3.8, 4) is 6.07 Å². The number of hydrogen-bond donors (Lipinski definition) is 1. The molecule has 2 rings (SSSR count). The molecule has 126 valence electrons. The quantitative estimate of drug-likeness (QED) is 0.511. The average molecular weight is 327 g/mol. The molecule has 6 heteroatoms. The summed E-state index contributed by atoms with van der Waals surface area (Å²) in [6.07, 6.45) is 4.60. The van der Waals surface area contributed by atoms with E-state index in [9.17, 15) is 9.59 Å². The van der Waals surface area contributed by atoms with Gasteiger partial charge in [0, 0.05) is 30.5 Å². The maximum Gasteiger partial charge on any atom is 0.350 e. The SMILES string of the molecule is CCOC(=O)/C(C#N)=C\Nc1ccc(C(=O)N2CCCCC2)cc1. The van der Waals surface area contributed by atoms with Crippen molar-refractivity contribution in [1.82, 2.24) is 4.90 Å². The predicted octanol–water partition coefficient (Wildman–Crippen LogP) is 2.70. The van der Waals surface area contributed by atoms with Crippen LogP contribution in [-0.4, -0.2) is 36.5 Å². The van der Waals surface area contributed by atoms with Gasteiger partial charge in [0.2, 0.25) is 0 Å². The second-order valence-corrected chi connectivity index (χ2v) is 5.46. The highest BCUT2D eigenvalue weighted by atomic mass is 16.5. The molecular weight excluding hydrogens is 306 g/mol. The monoisotopic (exact) mass is 327 g/mol. The number of nitrogens with zero attached hydrogens (tertiary/aromatic N) is 2. The van der Waals surface area contributed by atoms with E-state index in [-0.39, 0.29) is 18.1 Å². The van der Waals surface area contributed by atoms with Crippen LogP contribution in [0.4, 0.5) is 5.69 Å². The number of rotatable bonds is 5. The summed E-state index contributed by atoms with van der Waals surface area (Å²) in [7, 11) is 0. The number of carbonyl (C=O) groups is 2. The van der Waals surface area contributed by atoms with Crippen LogP contribution in [0.2, 0.25) is 0 Å². The summed E-state index contributed by atoms with van der Waals surface area (Å²) in [6.45, 7) is 3.52. The highest BCUT2D eigenvalue weighted by Gasteiger charge is 2.17. The molecule has 0 bridgehead atoms. The van der Waals surface area contributed by atoms with E-state index in [1.54, 1.807) is 37.3 Å². The average Bonchev–Trinajstić information content (AvgIpc) is 2.63. The van der Waals surface area contributed by atoms with E-state index in [1.165, 1.54) is 12.6 Å². The number of nitrogens with one attached hydrogen (secondary N) is 1. The Morgan fingerprint density at radius 3 is 2.50 bits per heavy atom. The molecule has 1 fully saturated rings. The van der Waals surface area contributed by atoms with Crippen molar-refractivity contribution in [2.75, 3.05) is 25.0 Å². The molecule has 1 aliphatic heterocycles. The number of benzene rings is 1. The van der Waals surface area contributed by atoms with E-state index >= 15 is 0 Å². The van der Waals surface area contributed by atoms with Crippen LogP contribution in [0.1, 0.15) is 36.5 Å². The number of nitriles is 1. The van der Waals surface area contributed by atoms with E-state index in [2.05, 4.69) is 5.32 Å². The summed E-state index contributed by atoms with van der Waals surface area (Å²) < 4.78 is 4.78. The summed E-state index contributed by atoms with van der Waals surface area (Å²) >= 11 is 0. The van der Waals surface area contributed by atoms with Crippen molar-refractivity contribution >= 4 is 17.6 Å². The smallest absolute Gasteiger partial charge is 0.350 e. The largest absolute Gasteiger partial charge is 0.462 e. The summed E-state index contributed by atoms with van der Waals surface area (Å²) in [5.41, 5.74) is 1.21. The summed E-state index contributed by atoms with van der Waals surface area (Å²) in [6, 6.07) is 8.76. The van der Waals surface area contributed by atoms with Crippen molar-refractivity contribution in [3.05, 3.63) is 41.6 Å². The Hall–Kier alpha value is -2.81. The molecule has 1 N–H and O–H groups in total. The maximum absolute atomic E-state index is 12.4. The van der Waals surface area contributed by atoms with Crippen LogP contribution in [0.15, 0.2) is 36.0 Å². The van der Waals surface area contributed by atoms with Crippen LogP contribution >= 0.6 is 0 Å². The molecule has 1 aliphatic rings. The molecule has 0 aromatic heterocycles. The molecule has 1 amide bonds. The van der Waals surface area contributed by atoms with E-state index in [0.717, 1.165) is 25.9 Å². The van der Waals surface area contributed by atoms with Gasteiger partial charge in [-0.15, -0.1) is 0 Å². The number of piperidine rings is 1. The van der Waals surface area contributed by atoms with Gasteiger partial charge in [-0.25, -0.2) is 4.79 Å². The lowest BCUT2D eigenvalue weighted by Gasteiger charge is -2.26. The number of carbonyl (C=O) groups excluding carboxylic acids is 2. The lowest BCUT2D eigenvalue weighted by molar-refractivity contribution is -0.138. The maximum atomic E-state index is 12.4. The van der Waals surface area contributed by atoms with Crippen LogP contribution in [-0.2, 0) is 9.53 Å². The first kappa shape index (κ1) is 17.5. The van der Waals surface area contributed by atoms with Gasteiger partial charge in [-0.1, -0.05) is 0 Å². The van der Waals surface area contributed by atoms with Crippen LogP contribution in [0.3, 0.4) is 0 Å². The third kappa shape index (κ3) is 4.59. The van der Waals surface area contributed by atoms with E-state index in [1.807, 2.05) is 4.90 Å². The van der Waals surface area contributed by atoms with Crippen molar-refractivity contribution in [3.63, 3.8) is 0 Å². The standard InChI is InChI=1S/C18H21N3O3/c1-2-24-18(23)15(12-19)13-20-16-8-6-14(7-9-16)17(22)21-10-4-3-5-11-21/h6-9,13,20H,2-5,10-11H2,1H3/b15-13-. The topological polar surface area (TPSA) is 82.4 Å². The van der Waals surface area contributed by atoms with Crippen molar-refractivity contribution in [2.24, 2.45) is 0 Å². The molecule has 1 heterocycles. The fourth-order valence-corrected chi connectivity index (χ4v) is 2.49. The van der Waals surface area contributed by atoms with Crippen molar-refractivity contribution in [2.45, 2.75) is 26.2 Å². The minimum atomic E-state index is -0.663. The Labute approximate surface area is 141 Å². The second-order valence-electron chi connectivity index (χ2n) is 5.46. The molecule has 24 heavy (non-hydrogen) atoms. The Kier molecular flexibility index (Phi) is 6.38. The van der Waals surface area contributed by atoms with Gasteiger partial charge in [0.15, 0.2) is 5.57 Å². The normalized spacial score (nSPS) is 14.7. The van der Waals surface area contributed by atoms with Gasteiger partial charge in [0.05, 0.1) is 6.61 Å². The zero-order chi connectivity index (χ0) is 17.4. The number of ether oxygens (including phenoxy) is 1. The molecule has 1 aromatic carbocycles. The van der Waals surface area contributed by atoms with Gasteiger partial charge >= 0.3 is 5.97 Å². The summed E-state index contributed by atoms with van der Waals surface area (Å²) in [5.74, 6) is -0.620. The molecule has 1 aromatic rings. The third-order valence-electron chi connectivity index (χ3n) is 3.77. The van der Waals surface area contributed by atoms with E-state index < -0.39 is 5.97 Å². The zero-order valence-electron chi connectivity index (χ0n) is 13.7. The van der Waals surface area contributed by atoms with Crippen LogP contribution in [0, 0.1) is 11.3 Å². The fraction of sp³-hybridized carbons (Fsp3) is 0.389. The highest BCUT2D eigenvalue weighted by Crippen LogP contribution is 2.15.